The van der Waals surface area contributed by atoms with Crippen LogP contribution in [0.25, 0.3) is 10.9 Å². The summed E-state index contributed by atoms with van der Waals surface area (Å²) >= 11 is 0. The second kappa shape index (κ2) is 7.69. The van der Waals surface area contributed by atoms with E-state index in [0.29, 0.717) is 24.0 Å². The molecule has 4 bridgehead atoms. The number of nitrogens with two attached hydrogens (primary N) is 1. The molecule has 160 valence electrons. The molecule has 2 aliphatic rings. The van der Waals surface area contributed by atoms with E-state index in [1.165, 1.54) is 12.1 Å². The number of hydrazine groups is 1. The molecule has 0 atom stereocenters. The summed E-state index contributed by atoms with van der Waals surface area (Å²) in [6.45, 7) is 0.588. The van der Waals surface area contributed by atoms with Gasteiger partial charge in [-0.3, -0.25) is 15.1 Å². The Balaban J connectivity index is 0.00000231. The van der Waals surface area contributed by atoms with E-state index in [1.807, 2.05) is 22.8 Å². The van der Waals surface area contributed by atoms with Gasteiger partial charge in [0.1, 0.15) is 5.82 Å². The lowest BCUT2D eigenvalue weighted by atomic mass is 10.2. The Bertz CT molecular complexity index is 1390. The first-order valence-electron chi connectivity index (χ1n) is 9.10. The van der Waals surface area contributed by atoms with Gasteiger partial charge in [0.05, 0.1) is 28.3 Å². The van der Waals surface area contributed by atoms with Crippen molar-refractivity contribution >= 4 is 56.5 Å². The summed E-state index contributed by atoms with van der Waals surface area (Å²) in [5.41, 5.74) is 6.86. The molecule has 2 aromatic carbocycles. The maximum Gasteiger partial charge on any atom is 0.238 e. The molecule has 2 aromatic heterocycles. The van der Waals surface area contributed by atoms with Crippen molar-refractivity contribution in [2.75, 3.05) is 15.8 Å². The maximum absolute atomic E-state index is 11.6. The maximum atomic E-state index is 11.6. The highest BCUT2D eigenvalue weighted by Gasteiger charge is 2.20. The van der Waals surface area contributed by atoms with Crippen LogP contribution in [-0.2, 0) is 23.6 Å². The van der Waals surface area contributed by atoms with E-state index in [9.17, 15) is 8.42 Å². The number of nitrogens with zero attached hydrogens (tertiary/aromatic N) is 5. The van der Waals surface area contributed by atoms with Crippen molar-refractivity contribution in [1.82, 2.24) is 19.7 Å². The van der Waals surface area contributed by atoms with Gasteiger partial charge in [-0.1, -0.05) is 6.07 Å². The standard InChI is InChI=1S/C19H18N8O2S.ClH/c1-26-17-10-13-5-6-15(17)16(24-26)11-27(13)25-18-7-8-21-19(23-18)22-12-3-2-4-14(9-12)30(20,28)29;/h2-10H,11H2,1H3,(H2,20,28,29)(H2,21,22,23,25);1H. The van der Waals surface area contributed by atoms with E-state index in [1.54, 1.807) is 24.4 Å². The van der Waals surface area contributed by atoms with Crippen molar-refractivity contribution in [2.45, 2.75) is 11.4 Å². The molecule has 0 spiro atoms. The number of halogens is 1. The molecule has 6 rings (SSSR count). The number of anilines is 4. The smallest absolute Gasteiger partial charge is 0.238 e. The number of fused-ring (bicyclic) bond motifs is 2. The van der Waals surface area contributed by atoms with E-state index in [4.69, 9.17) is 5.14 Å². The molecular weight excluding hydrogens is 440 g/mol. The Kier molecular flexibility index (Phi) is 5.17. The van der Waals surface area contributed by atoms with Gasteiger partial charge in [0.15, 0.2) is 0 Å². The van der Waals surface area contributed by atoms with Crippen LogP contribution >= 0.6 is 12.4 Å². The number of sulfonamides is 1. The van der Waals surface area contributed by atoms with E-state index < -0.39 is 10.0 Å². The quantitative estimate of drug-likeness (QED) is 0.415. The molecule has 0 fully saturated rings. The second-order valence-electron chi connectivity index (χ2n) is 6.93. The average Bonchev–Trinajstić information content (AvgIpc) is 2.83. The summed E-state index contributed by atoms with van der Waals surface area (Å²) in [6, 6.07) is 14.1. The van der Waals surface area contributed by atoms with Crippen LogP contribution in [0.2, 0.25) is 0 Å². The molecule has 4 N–H and O–H groups in total. The number of rotatable bonds is 5. The average molecular weight is 459 g/mol. The normalized spacial score (nSPS) is 12.6. The molecule has 0 aliphatic carbocycles. The zero-order chi connectivity index (χ0) is 20.9. The Morgan fingerprint density at radius 3 is 2.77 bits per heavy atom. The molecule has 4 aromatic rings. The van der Waals surface area contributed by atoms with E-state index in [-0.39, 0.29) is 17.3 Å². The first-order chi connectivity index (χ1) is 14.4. The summed E-state index contributed by atoms with van der Waals surface area (Å²) in [5.74, 6) is 0.895. The number of hydrogen-bond donors (Lipinski definition) is 3. The minimum Gasteiger partial charge on any atom is -0.324 e. The van der Waals surface area contributed by atoms with Gasteiger partial charge in [0, 0.05) is 30.4 Å². The predicted molar refractivity (Wildman–Crippen MR) is 121 cm³/mol. The number of aryl methyl sites for hydroxylation is 1. The molecule has 0 saturated carbocycles. The SMILES string of the molecule is Cl.Cn1nc2c3ccc(cc31)N(Nc1ccnc(Nc3cccc(S(N)(=O)=O)c3)n1)C2. The van der Waals surface area contributed by atoms with Crippen molar-refractivity contribution in [1.29, 1.82) is 0 Å². The van der Waals surface area contributed by atoms with Crippen LogP contribution in [0.4, 0.5) is 23.1 Å². The number of benzene rings is 2. The van der Waals surface area contributed by atoms with Crippen LogP contribution in [0.5, 0.6) is 0 Å². The van der Waals surface area contributed by atoms with Crippen molar-refractivity contribution in [2.24, 2.45) is 12.2 Å². The highest BCUT2D eigenvalue weighted by atomic mass is 35.5. The summed E-state index contributed by atoms with van der Waals surface area (Å²) in [6.07, 6.45) is 1.61. The molecule has 2 aliphatic heterocycles. The van der Waals surface area contributed by atoms with Gasteiger partial charge in [-0.2, -0.15) is 10.1 Å². The fourth-order valence-electron chi connectivity index (χ4n) is 3.45. The fraction of sp³-hybridized carbons (Fsp3) is 0.105. The van der Waals surface area contributed by atoms with Gasteiger partial charge < -0.3 is 5.32 Å². The largest absolute Gasteiger partial charge is 0.324 e. The van der Waals surface area contributed by atoms with Gasteiger partial charge in [0.2, 0.25) is 16.0 Å². The first kappa shape index (κ1) is 20.8. The van der Waals surface area contributed by atoms with Crippen LogP contribution in [0, 0.1) is 0 Å². The van der Waals surface area contributed by atoms with Crippen molar-refractivity contribution in [3.63, 3.8) is 0 Å². The Morgan fingerprint density at radius 1 is 1.13 bits per heavy atom. The van der Waals surface area contributed by atoms with Gasteiger partial charge >= 0.3 is 0 Å². The van der Waals surface area contributed by atoms with Gasteiger partial charge in [-0.15, -0.1) is 12.4 Å². The van der Waals surface area contributed by atoms with Crippen LogP contribution in [0.3, 0.4) is 0 Å². The minimum absolute atomic E-state index is 0. The first-order valence-corrected chi connectivity index (χ1v) is 10.6. The predicted octanol–water partition coefficient (Wildman–Crippen LogP) is 2.52. The lowest BCUT2D eigenvalue weighted by Crippen LogP contribution is -2.29. The lowest BCUT2D eigenvalue weighted by molar-refractivity contribution is 0.598. The Morgan fingerprint density at radius 2 is 1.97 bits per heavy atom. The van der Waals surface area contributed by atoms with Crippen LogP contribution in [0.15, 0.2) is 59.6 Å². The Labute approximate surface area is 184 Å². The number of nitrogens with one attached hydrogen (secondary N) is 2. The fourth-order valence-corrected chi connectivity index (χ4v) is 4.01. The van der Waals surface area contributed by atoms with Crippen LogP contribution in [0.1, 0.15) is 5.69 Å². The third kappa shape index (κ3) is 3.98. The van der Waals surface area contributed by atoms with Crippen molar-refractivity contribution in [3.05, 3.63) is 60.4 Å². The lowest BCUT2D eigenvalue weighted by Gasteiger charge is -2.24. The van der Waals surface area contributed by atoms with Crippen LogP contribution < -0.4 is 20.9 Å². The second-order valence-corrected chi connectivity index (χ2v) is 8.49. The molecule has 4 heterocycles. The minimum atomic E-state index is -3.79. The van der Waals surface area contributed by atoms with Gasteiger partial charge in [-0.25, -0.2) is 18.5 Å². The monoisotopic (exact) mass is 458 g/mol. The molecule has 12 heteroatoms. The highest BCUT2D eigenvalue weighted by Crippen LogP contribution is 2.31. The zero-order valence-electron chi connectivity index (χ0n) is 16.3. The summed E-state index contributed by atoms with van der Waals surface area (Å²) < 4.78 is 25.0. The molecule has 10 nitrogen and oxygen atoms in total. The molecular formula is C19H19ClN8O2S. The van der Waals surface area contributed by atoms with Crippen molar-refractivity contribution < 1.29 is 8.42 Å². The Hall–Kier alpha value is -3.41. The molecule has 0 unspecified atom stereocenters. The van der Waals surface area contributed by atoms with Gasteiger partial charge in [-0.05, 0) is 36.4 Å². The number of aromatic nitrogens is 4. The highest BCUT2D eigenvalue weighted by molar-refractivity contribution is 7.89. The molecule has 31 heavy (non-hydrogen) atoms. The van der Waals surface area contributed by atoms with Gasteiger partial charge in [0.25, 0.3) is 0 Å². The topological polar surface area (TPSA) is 131 Å². The third-order valence-electron chi connectivity index (χ3n) is 4.85. The van der Waals surface area contributed by atoms with E-state index >= 15 is 0 Å². The van der Waals surface area contributed by atoms with Crippen LogP contribution in [-0.4, -0.2) is 28.2 Å². The summed E-state index contributed by atoms with van der Waals surface area (Å²) in [4.78, 5) is 8.69. The third-order valence-corrected chi connectivity index (χ3v) is 5.77. The van der Waals surface area contributed by atoms with Crippen molar-refractivity contribution in [3.8, 4) is 0 Å². The molecule has 0 radical (unpaired) electrons. The molecule has 0 amide bonds. The number of hydrogen-bond acceptors (Lipinski definition) is 8. The summed E-state index contributed by atoms with van der Waals surface area (Å²) in [7, 11) is -1.86. The number of primary sulfonamides is 1. The summed E-state index contributed by atoms with van der Waals surface area (Å²) in [5, 5.41) is 15.9. The molecule has 0 saturated heterocycles. The van der Waals surface area contributed by atoms with E-state index in [2.05, 4.69) is 37.9 Å². The van der Waals surface area contributed by atoms with E-state index in [0.717, 1.165) is 22.3 Å². The zero-order valence-corrected chi connectivity index (χ0v) is 18.0.